The van der Waals surface area contributed by atoms with E-state index in [9.17, 15) is 9.90 Å². The number of aromatic nitrogens is 4. The van der Waals surface area contributed by atoms with Crippen LogP contribution in [0.3, 0.4) is 0 Å². The van der Waals surface area contributed by atoms with Crippen LogP contribution >= 0.6 is 0 Å². The van der Waals surface area contributed by atoms with E-state index < -0.39 is 5.97 Å². The van der Waals surface area contributed by atoms with E-state index in [0.717, 1.165) is 24.0 Å². The molecule has 1 atom stereocenters. The second-order valence-electron chi connectivity index (χ2n) is 7.46. The Morgan fingerprint density at radius 2 is 2.10 bits per heavy atom. The maximum absolute atomic E-state index is 11.1. The average molecular weight is 408 g/mol. The van der Waals surface area contributed by atoms with E-state index in [-0.39, 0.29) is 36.7 Å². The normalized spacial score (nSPS) is 18.7. The Morgan fingerprint density at radius 3 is 2.80 bits per heavy atom. The average Bonchev–Trinajstić information content (AvgIpc) is 2.77. The molecule has 1 saturated heterocycles. The number of nitrogen functional groups attached to an aromatic ring is 1. The van der Waals surface area contributed by atoms with E-state index in [1.54, 1.807) is 6.20 Å². The summed E-state index contributed by atoms with van der Waals surface area (Å²) in [4.78, 5) is 32.4. The second-order valence-corrected chi connectivity index (χ2v) is 7.46. The van der Waals surface area contributed by atoms with Gasteiger partial charge in [-0.2, -0.15) is 4.98 Å². The molecular weight excluding hydrogens is 387 g/mol. The first-order chi connectivity index (χ1) is 14.5. The van der Waals surface area contributed by atoms with Crippen LogP contribution in [0.25, 0.3) is 0 Å². The fourth-order valence-electron chi connectivity index (χ4n) is 3.90. The highest BCUT2D eigenvalue weighted by molar-refractivity contribution is 6.66. The third kappa shape index (κ3) is 3.71. The van der Waals surface area contributed by atoms with Gasteiger partial charge in [0.25, 0.3) is 6.71 Å². The van der Waals surface area contributed by atoms with Gasteiger partial charge in [0.1, 0.15) is 11.4 Å². The molecule has 2 aliphatic rings. The lowest BCUT2D eigenvalue weighted by Gasteiger charge is -2.40. The fourth-order valence-corrected chi connectivity index (χ4v) is 3.90. The van der Waals surface area contributed by atoms with Crippen LogP contribution in [-0.2, 0) is 12.7 Å². The van der Waals surface area contributed by atoms with E-state index >= 15 is 0 Å². The standard InChI is InChI=1S/C18H21BN8O3/c20-10-19-2-1-14-11(5-19)6-22-17(24-14)26-3-4-27(12(8-26)9-28)18-23-7-13(16(29)30)15(21)25-18/h6-7,12,28H,1-5,8-9H2,(H,29,30)(H2,21,23,25). The third-order valence-electron chi connectivity index (χ3n) is 5.59. The number of aliphatic hydroxyl groups is 1. The molecule has 154 valence electrons. The van der Waals surface area contributed by atoms with Crippen molar-refractivity contribution < 1.29 is 15.0 Å². The predicted octanol–water partition coefficient (Wildman–Crippen LogP) is -0.570. The maximum Gasteiger partial charge on any atom is 0.341 e. The molecule has 0 radical (unpaired) electrons. The molecule has 12 heteroatoms. The SMILES string of the molecule is N#CB1CCc2nc(N3CCN(c4ncc(C(=O)O)c(N)n4)C(CO)C3)ncc2C1. The van der Waals surface area contributed by atoms with Crippen molar-refractivity contribution in [1.29, 1.82) is 5.26 Å². The number of carboxylic acid groups (broad SMARTS) is 1. The molecule has 2 aliphatic heterocycles. The molecule has 30 heavy (non-hydrogen) atoms. The first-order valence-corrected chi connectivity index (χ1v) is 9.72. The summed E-state index contributed by atoms with van der Waals surface area (Å²) >= 11 is 0. The Hall–Kier alpha value is -3.46. The van der Waals surface area contributed by atoms with Crippen molar-refractivity contribution >= 4 is 30.4 Å². The number of rotatable bonds is 4. The van der Waals surface area contributed by atoms with Crippen molar-refractivity contribution in [3.8, 4) is 5.97 Å². The lowest BCUT2D eigenvalue weighted by atomic mass is 9.43. The molecule has 0 spiro atoms. The molecule has 4 N–H and O–H groups in total. The molecular formula is C18H21BN8O3. The highest BCUT2D eigenvalue weighted by Crippen LogP contribution is 2.24. The van der Waals surface area contributed by atoms with Gasteiger partial charge < -0.3 is 25.7 Å². The number of nitrogens with two attached hydrogens (primary N) is 1. The number of hydrogen-bond donors (Lipinski definition) is 3. The smallest absolute Gasteiger partial charge is 0.341 e. The van der Waals surface area contributed by atoms with E-state index in [1.807, 2.05) is 9.80 Å². The number of aryl methyl sites for hydroxylation is 1. The highest BCUT2D eigenvalue weighted by atomic mass is 16.4. The summed E-state index contributed by atoms with van der Waals surface area (Å²) in [5.74, 6) is 1.90. The Kier molecular flexibility index (Phi) is 5.37. The third-order valence-corrected chi connectivity index (χ3v) is 5.59. The van der Waals surface area contributed by atoms with Crippen LogP contribution in [0.4, 0.5) is 17.7 Å². The van der Waals surface area contributed by atoms with E-state index in [2.05, 4.69) is 20.9 Å². The quantitative estimate of drug-likeness (QED) is 0.555. The van der Waals surface area contributed by atoms with Gasteiger partial charge in [0.05, 0.1) is 12.6 Å². The van der Waals surface area contributed by atoms with Crippen molar-refractivity contribution in [2.75, 3.05) is 41.8 Å². The second kappa shape index (κ2) is 8.12. The van der Waals surface area contributed by atoms with Crippen LogP contribution < -0.4 is 15.5 Å². The zero-order valence-electron chi connectivity index (χ0n) is 16.3. The molecule has 1 fully saturated rings. The summed E-state index contributed by atoms with van der Waals surface area (Å²) in [7, 11) is 0. The molecule has 0 bridgehead atoms. The van der Waals surface area contributed by atoms with E-state index in [0.29, 0.717) is 31.9 Å². The Bertz CT molecular complexity index is 1010. The summed E-state index contributed by atoms with van der Waals surface area (Å²) in [5.41, 5.74) is 7.60. The number of aromatic carboxylic acids is 1. The minimum Gasteiger partial charge on any atom is -0.477 e. The van der Waals surface area contributed by atoms with Crippen LogP contribution in [0.1, 0.15) is 21.6 Å². The van der Waals surface area contributed by atoms with Crippen LogP contribution in [-0.4, -0.2) is 75.1 Å². The summed E-state index contributed by atoms with van der Waals surface area (Å²) in [6.07, 6.45) is 5.23. The van der Waals surface area contributed by atoms with Gasteiger partial charge in [0.2, 0.25) is 11.9 Å². The van der Waals surface area contributed by atoms with Crippen LogP contribution in [0, 0.1) is 11.2 Å². The molecule has 1 unspecified atom stereocenters. The van der Waals surface area contributed by atoms with Crippen molar-refractivity contribution in [2.45, 2.75) is 25.1 Å². The van der Waals surface area contributed by atoms with Gasteiger partial charge in [-0.25, -0.2) is 25.0 Å². The fraction of sp³-hybridized carbons (Fsp3) is 0.444. The summed E-state index contributed by atoms with van der Waals surface area (Å²) in [5, 5.41) is 28.2. The molecule has 2 aromatic heterocycles. The molecule has 0 amide bonds. The highest BCUT2D eigenvalue weighted by Gasteiger charge is 2.31. The number of nitrogens with zero attached hydrogens (tertiary/aromatic N) is 7. The summed E-state index contributed by atoms with van der Waals surface area (Å²) in [6.45, 7) is 1.41. The zero-order chi connectivity index (χ0) is 21.3. The molecule has 0 aromatic carbocycles. The van der Waals surface area contributed by atoms with Gasteiger partial charge in [-0.3, -0.25) is 0 Å². The monoisotopic (exact) mass is 408 g/mol. The molecule has 4 rings (SSSR count). The Morgan fingerprint density at radius 1 is 1.30 bits per heavy atom. The van der Waals surface area contributed by atoms with Crippen molar-refractivity contribution in [1.82, 2.24) is 19.9 Å². The number of aliphatic hydroxyl groups excluding tert-OH is 1. The number of anilines is 3. The number of carbonyl (C=O) groups is 1. The van der Waals surface area contributed by atoms with Crippen LogP contribution in [0.15, 0.2) is 12.4 Å². The van der Waals surface area contributed by atoms with Gasteiger partial charge in [-0.1, -0.05) is 6.32 Å². The lowest BCUT2D eigenvalue weighted by Crippen LogP contribution is -2.56. The number of nitriles is 1. The van der Waals surface area contributed by atoms with Gasteiger partial charge in [-0.05, 0) is 18.3 Å². The first-order valence-electron chi connectivity index (χ1n) is 9.72. The molecule has 0 aliphatic carbocycles. The Labute approximate surface area is 173 Å². The van der Waals surface area contributed by atoms with Gasteiger partial charge in [-0.15, -0.1) is 0 Å². The maximum atomic E-state index is 11.1. The predicted molar refractivity (Wildman–Crippen MR) is 109 cm³/mol. The molecule has 0 saturated carbocycles. The molecule has 11 nitrogen and oxygen atoms in total. The van der Waals surface area contributed by atoms with Crippen LogP contribution in [0.5, 0.6) is 0 Å². The van der Waals surface area contributed by atoms with Crippen molar-refractivity contribution in [3.63, 3.8) is 0 Å². The summed E-state index contributed by atoms with van der Waals surface area (Å²) in [6, 6.07) is -0.323. The van der Waals surface area contributed by atoms with Crippen LogP contribution in [0.2, 0.25) is 6.32 Å². The Balaban J connectivity index is 1.51. The minimum absolute atomic E-state index is 0.0224. The van der Waals surface area contributed by atoms with E-state index in [1.165, 1.54) is 6.20 Å². The van der Waals surface area contributed by atoms with Crippen molar-refractivity contribution in [3.05, 3.63) is 29.2 Å². The zero-order valence-corrected chi connectivity index (χ0v) is 16.3. The number of hydrogen-bond acceptors (Lipinski definition) is 10. The summed E-state index contributed by atoms with van der Waals surface area (Å²) < 4.78 is 0. The van der Waals surface area contributed by atoms with Gasteiger partial charge in [0.15, 0.2) is 0 Å². The van der Waals surface area contributed by atoms with Gasteiger partial charge in [0, 0.05) is 43.7 Å². The lowest BCUT2D eigenvalue weighted by molar-refractivity contribution is 0.0697. The van der Waals surface area contributed by atoms with Crippen molar-refractivity contribution in [2.24, 2.45) is 0 Å². The minimum atomic E-state index is -1.19. The molecule has 2 aromatic rings. The first kappa shape index (κ1) is 19.8. The number of carboxylic acids is 1. The topological polar surface area (TPSA) is 165 Å². The number of fused-ring (bicyclic) bond motifs is 1. The largest absolute Gasteiger partial charge is 0.477 e. The van der Waals surface area contributed by atoms with E-state index in [4.69, 9.17) is 21.1 Å². The van der Waals surface area contributed by atoms with Gasteiger partial charge >= 0.3 is 5.97 Å². The molecule has 4 heterocycles. The number of piperazine rings is 1.